The van der Waals surface area contributed by atoms with Crippen molar-refractivity contribution in [2.24, 2.45) is 5.11 Å². The summed E-state index contributed by atoms with van der Waals surface area (Å²) in [6.45, 7) is 1.95. The average molecular weight is 291 g/mol. The van der Waals surface area contributed by atoms with E-state index in [0.29, 0.717) is 28.5 Å². The van der Waals surface area contributed by atoms with Gasteiger partial charge in [0.05, 0.1) is 10.7 Å². The first kappa shape index (κ1) is 13.9. The number of nitrogens with two attached hydrogens (primary N) is 2. The van der Waals surface area contributed by atoms with E-state index in [1.807, 2.05) is 6.92 Å². The maximum absolute atomic E-state index is 6.79. The van der Waals surface area contributed by atoms with Gasteiger partial charge in [-0.15, -0.1) is 0 Å². The molecule has 2 aromatic rings. The van der Waals surface area contributed by atoms with Crippen LogP contribution >= 0.6 is 11.6 Å². The first-order chi connectivity index (χ1) is 9.56. The van der Waals surface area contributed by atoms with Crippen LogP contribution in [0.4, 0.5) is 17.5 Å². The van der Waals surface area contributed by atoms with Crippen molar-refractivity contribution in [1.82, 2.24) is 14.9 Å². The van der Waals surface area contributed by atoms with E-state index in [9.17, 15) is 0 Å². The van der Waals surface area contributed by atoms with Crippen LogP contribution in [-0.4, -0.2) is 9.97 Å². The molecule has 0 atom stereocenters. The fourth-order valence-corrected chi connectivity index (χ4v) is 2.07. The van der Waals surface area contributed by atoms with Crippen LogP contribution in [0.3, 0.4) is 0 Å². The highest BCUT2D eigenvalue weighted by Gasteiger charge is 2.15. The van der Waals surface area contributed by atoms with Crippen molar-refractivity contribution >= 4 is 29.1 Å². The number of nitrogens with one attached hydrogen (secondary N) is 1. The van der Waals surface area contributed by atoms with Crippen LogP contribution < -0.4 is 16.4 Å². The molecular weight excluding hydrogens is 278 g/mol. The minimum absolute atomic E-state index is 0.142. The minimum atomic E-state index is 0.142. The molecule has 0 fully saturated rings. The first-order valence-electron chi connectivity index (χ1n) is 5.86. The second-order valence-corrected chi connectivity index (χ2v) is 4.42. The number of nitrogen functional groups attached to an aromatic ring is 2. The number of hydrogen-bond acceptors (Lipinski definition) is 6. The molecule has 1 aromatic carbocycles. The van der Waals surface area contributed by atoms with Gasteiger partial charge in [0.25, 0.3) is 0 Å². The summed E-state index contributed by atoms with van der Waals surface area (Å²) >= 11 is 5.98. The SMILES string of the molecule is CCc1nc(N)nc(N)c1-c1ccc(Cl)c(N=[N+]=N)c1. The molecule has 8 heteroatoms. The third kappa shape index (κ3) is 2.59. The quantitative estimate of drug-likeness (QED) is 0.593. The first-order valence-corrected chi connectivity index (χ1v) is 6.23. The highest BCUT2D eigenvalue weighted by atomic mass is 35.5. The van der Waals surface area contributed by atoms with Gasteiger partial charge in [0.2, 0.25) is 10.9 Å². The number of halogens is 1. The topological polar surface area (TPSA) is 128 Å². The van der Waals surface area contributed by atoms with Gasteiger partial charge in [0, 0.05) is 5.56 Å². The van der Waals surface area contributed by atoms with Crippen LogP contribution in [-0.2, 0) is 6.42 Å². The van der Waals surface area contributed by atoms with Crippen molar-refractivity contribution in [2.75, 3.05) is 11.5 Å². The molecule has 20 heavy (non-hydrogen) atoms. The summed E-state index contributed by atoms with van der Waals surface area (Å²) in [6, 6.07) is 5.14. The number of anilines is 2. The third-order valence-electron chi connectivity index (χ3n) is 2.76. The Hall–Kier alpha value is -2.50. The van der Waals surface area contributed by atoms with Gasteiger partial charge < -0.3 is 11.5 Å². The van der Waals surface area contributed by atoms with Crippen molar-refractivity contribution in [3.05, 3.63) is 28.9 Å². The Morgan fingerprint density at radius 2 is 2.10 bits per heavy atom. The molecule has 0 radical (unpaired) electrons. The van der Waals surface area contributed by atoms with E-state index in [1.54, 1.807) is 18.2 Å². The Kier molecular flexibility index (Phi) is 3.93. The van der Waals surface area contributed by atoms with E-state index < -0.39 is 0 Å². The number of rotatable bonds is 3. The zero-order valence-corrected chi connectivity index (χ0v) is 11.5. The van der Waals surface area contributed by atoms with Crippen LogP contribution in [0.2, 0.25) is 5.02 Å². The summed E-state index contributed by atoms with van der Waals surface area (Å²) in [5.74, 6) is 0.438. The van der Waals surface area contributed by atoms with Crippen molar-refractivity contribution < 1.29 is 0 Å². The lowest BCUT2D eigenvalue weighted by Crippen LogP contribution is -2.06. The van der Waals surface area contributed by atoms with E-state index in [4.69, 9.17) is 28.6 Å². The van der Waals surface area contributed by atoms with Crippen molar-refractivity contribution in [1.29, 1.82) is 5.53 Å². The molecule has 7 nitrogen and oxygen atoms in total. The smallest absolute Gasteiger partial charge is 0.222 e. The highest BCUT2D eigenvalue weighted by molar-refractivity contribution is 6.33. The van der Waals surface area contributed by atoms with Crippen molar-refractivity contribution in [3.8, 4) is 11.1 Å². The van der Waals surface area contributed by atoms with E-state index in [1.165, 1.54) is 0 Å². The summed E-state index contributed by atoms with van der Waals surface area (Å²) in [4.78, 5) is 11.2. The van der Waals surface area contributed by atoms with E-state index >= 15 is 0 Å². The standard InChI is InChI=1S/C12H13ClN7/c1-2-8-10(11(14)18-12(15)17-8)6-3-4-7(13)9(5-6)19-20-16/h3-5,16H,2H2,1H3,(H4,14,15,17,18)/q+1. The van der Waals surface area contributed by atoms with E-state index in [-0.39, 0.29) is 5.95 Å². The molecular formula is C12H13ClN7+. The molecule has 0 aliphatic carbocycles. The van der Waals surface area contributed by atoms with Gasteiger partial charge in [0.1, 0.15) is 11.3 Å². The second kappa shape index (κ2) is 5.64. The summed E-state index contributed by atoms with van der Waals surface area (Å²) in [7, 11) is 0. The van der Waals surface area contributed by atoms with Crippen LogP contribution in [0.5, 0.6) is 0 Å². The molecule has 102 valence electrons. The monoisotopic (exact) mass is 290 g/mol. The number of aryl methyl sites for hydroxylation is 1. The molecule has 1 heterocycles. The summed E-state index contributed by atoms with van der Waals surface area (Å²) in [6.07, 6.45) is 0.657. The van der Waals surface area contributed by atoms with Gasteiger partial charge >= 0.3 is 0 Å². The Morgan fingerprint density at radius 1 is 1.35 bits per heavy atom. The maximum atomic E-state index is 6.79. The van der Waals surface area contributed by atoms with Gasteiger partial charge in [0.15, 0.2) is 10.8 Å². The second-order valence-electron chi connectivity index (χ2n) is 4.01. The zero-order chi connectivity index (χ0) is 14.7. The predicted octanol–water partition coefficient (Wildman–Crippen LogP) is 2.71. The van der Waals surface area contributed by atoms with E-state index in [0.717, 1.165) is 11.3 Å². The molecule has 0 amide bonds. The number of nitrogens with zero attached hydrogens (tertiary/aromatic N) is 4. The molecule has 1 aromatic heterocycles. The Morgan fingerprint density at radius 3 is 2.75 bits per heavy atom. The number of benzene rings is 1. The van der Waals surface area contributed by atoms with Crippen LogP contribution in [0.15, 0.2) is 23.3 Å². The number of aromatic nitrogens is 2. The largest absolute Gasteiger partial charge is 0.383 e. The van der Waals surface area contributed by atoms with Crippen LogP contribution in [0, 0.1) is 5.53 Å². The maximum Gasteiger partial charge on any atom is 0.222 e. The molecule has 0 aliphatic heterocycles. The Labute approximate surface area is 120 Å². The summed E-state index contributed by atoms with van der Waals surface area (Å²) in [5.41, 5.74) is 20.9. The van der Waals surface area contributed by atoms with Crippen LogP contribution in [0.25, 0.3) is 11.1 Å². The lowest BCUT2D eigenvalue weighted by molar-refractivity contribution is 0.991. The fraction of sp³-hybridized carbons (Fsp3) is 0.167. The Balaban J connectivity index is 2.68. The highest BCUT2D eigenvalue weighted by Crippen LogP contribution is 2.34. The van der Waals surface area contributed by atoms with Gasteiger partial charge in [-0.3, -0.25) is 0 Å². The Bertz CT molecular complexity index is 707. The molecule has 0 saturated heterocycles. The van der Waals surface area contributed by atoms with Gasteiger partial charge in [-0.25, -0.2) is 4.98 Å². The molecule has 0 bridgehead atoms. The van der Waals surface area contributed by atoms with E-state index in [2.05, 4.69) is 20.0 Å². The van der Waals surface area contributed by atoms with Gasteiger partial charge in [-0.1, -0.05) is 24.6 Å². The fourth-order valence-electron chi connectivity index (χ4n) is 1.92. The third-order valence-corrected chi connectivity index (χ3v) is 3.08. The molecule has 0 saturated carbocycles. The molecule has 2 rings (SSSR count). The molecule has 0 aliphatic rings. The predicted molar refractivity (Wildman–Crippen MR) is 77.6 cm³/mol. The molecule has 0 spiro atoms. The average Bonchev–Trinajstić information content (AvgIpc) is 2.41. The normalized spacial score (nSPS) is 10.1. The molecule has 0 unspecified atom stereocenters. The van der Waals surface area contributed by atoms with Crippen LogP contribution in [0.1, 0.15) is 12.6 Å². The minimum Gasteiger partial charge on any atom is -0.383 e. The van der Waals surface area contributed by atoms with Crippen molar-refractivity contribution in [3.63, 3.8) is 0 Å². The lowest BCUT2D eigenvalue weighted by atomic mass is 10.0. The van der Waals surface area contributed by atoms with Crippen molar-refractivity contribution in [2.45, 2.75) is 13.3 Å². The summed E-state index contributed by atoms with van der Waals surface area (Å²) < 4.78 is 0. The molecule has 5 N–H and O–H groups in total. The zero-order valence-electron chi connectivity index (χ0n) is 10.8. The lowest BCUT2D eigenvalue weighted by Gasteiger charge is -2.11. The van der Waals surface area contributed by atoms with Gasteiger partial charge in [-0.05, 0) is 24.1 Å². The number of hydrogen-bond donors (Lipinski definition) is 3. The van der Waals surface area contributed by atoms with Gasteiger partial charge in [-0.2, -0.15) is 4.98 Å². The summed E-state index contributed by atoms with van der Waals surface area (Å²) in [5, 5.41) is 4.05.